The highest BCUT2D eigenvalue weighted by Gasteiger charge is 2.52. The van der Waals surface area contributed by atoms with Gasteiger partial charge in [0, 0.05) is 5.92 Å². The largest absolute Gasteiger partial charge is 0.323 e. The molecule has 0 heterocycles. The number of benzene rings is 1. The fourth-order valence-electron chi connectivity index (χ4n) is 3.08. The van der Waals surface area contributed by atoms with Gasteiger partial charge in [0.15, 0.2) is 0 Å². The first kappa shape index (κ1) is 12.4. The Balaban J connectivity index is 1.67. The van der Waals surface area contributed by atoms with Crippen LogP contribution < -0.4 is 5.32 Å². The maximum absolute atomic E-state index is 13.5. The van der Waals surface area contributed by atoms with Crippen molar-refractivity contribution in [2.75, 3.05) is 5.32 Å². The topological polar surface area (TPSA) is 29.1 Å². The average molecular weight is 259 g/mol. The number of amides is 1. The smallest absolute Gasteiger partial charge is 0.228 e. The summed E-state index contributed by atoms with van der Waals surface area (Å²) >= 11 is 0. The summed E-state index contributed by atoms with van der Waals surface area (Å²) in [6, 6.07) is 6.33. The third-order valence-electron chi connectivity index (χ3n) is 4.18. The minimum atomic E-state index is -0.371. The summed E-state index contributed by atoms with van der Waals surface area (Å²) < 4.78 is 13.5. The molecule has 0 aromatic heterocycles. The number of para-hydroxylation sites is 1. The lowest BCUT2D eigenvalue weighted by molar-refractivity contribution is -0.117. The summed E-state index contributed by atoms with van der Waals surface area (Å²) in [5.41, 5.74) is 0.288. The second-order valence-electron chi connectivity index (χ2n) is 5.45. The molecule has 1 aromatic rings. The number of rotatable bonds is 2. The fraction of sp³-hybridized carbons (Fsp3) is 0.438. The number of anilines is 1. The lowest BCUT2D eigenvalue weighted by atomic mass is 10.1. The van der Waals surface area contributed by atoms with Gasteiger partial charge in [-0.05, 0) is 43.2 Å². The molecule has 0 bridgehead atoms. The molecule has 0 radical (unpaired) electrons. The highest BCUT2D eigenvalue weighted by Crippen LogP contribution is 2.51. The summed E-state index contributed by atoms with van der Waals surface area (Å²) in [5.74, 6) is 0.459. The standard InChI is InChI=1S/C16H18FNO/c17-13-9-5-6-10-14(13)18-16(19)15-11-7-3-1-2-4-8-12(11)15/h3,5-7,9-12,15H,1-2,4,8H2,(H,18,19)/t11-,12+,15+/m0/s1. The lowest BCUT2D eigenvalue weighted by Crippen LogP contribution is -2.16. The molecule has 2 aliphatic rings. The Morgan fingerprint density at radius 3 is 2.95 bits per heavy atom. The number of nitrogens with one attached hydrogen (secondary N) is 1. The van der Waals surface area contributed by atoms with Crippen molar-refractivity contribution in [3.63, 3.8) is 0 Å². The van der Waals surface area contributed by atoms with E-state index < -0.39 is 0 Å². The van der Waals surface area contributed by atoms with Crippen molar-refractivity contribution in [3.8, 4) is 0 Å². The van der Waals surface area contributed by atoms with Gasteiger partial charge in [-0.1, -0.05) is 30.7 Å². The third kappa shape index (κ3) is 2.55. The fourth-order valence-corrected chi connectivity index (χ4v) is 3.08. The van der Waals surface area contributed by atoms with Crippen LogP contribution in [0.5, 0.6) is 0 Å². The van der Waals surface area contributed by atoms with Gasteiger partial charge in [-0.15, -0.1) is 0 Å². The van der Waals surface area contributed by atoms with Crippen LogP contribution in [0.4, 0.5) is 10.1 Å². The van der Waals surface area contributed by atoms with Crippen LogP contribution in [0.2, 0.25) is 0 Å². The van der Waals surface area contributed by atoms with E-state index in [1.165, 1.54) is 18.9 Å². The van der Waals surface area contributed by atoms with Crippen molar-refractivity contribution in [2.24, 2.45) is 17.8 Å². The summed E-state index contributed by atoms with van der Waals surface area (Å²) in [6.07, 6.45) is 8.99. The molecule has 2 aliphatic carbocycles. The first-order valence-corrected chi connectivity index (χ1v) is 6.99. The van der Waals surface area contributed by atoms with Crippen LogP contribution in [0.1, 0.15) is 25.7 Å². The van der Waals surface area contributed by atoms with Crippen LogP contribution in [-0.4, -0.2) is 5.91 Å². The van der Waals surface area contributed by atoms with Crippen LogP contribution >= 0.6 is 0 Å². The van der Waals surface area contributed by atoms with E-state index in [4.69, 9.17) is 0 Å². The van der Waals surface area contributed by atoms with Crippen molar-refractivity contribution in [1.29, 1.82) is 0 Å². The zero-order valence-corrected chi connectivity index (χ0v) is 10.8. The number of carbonyl (C=O) groups is 1. The van der Waals surface area contributed by atoms with Gasteiger partial charge in [-0.25, -0.2) is 4.39 Å². The van der Waals surface area contributed by atoms with Crippen LogP contribution in [0.15, 0.2) is 36.4 Å². The molecule has 0 spiro atoms. The van der Waals surface area contributed by atoms with Crippen molar-refractivity contribution in [2.45, 2.75) is 25.7 Å². The van der Waals surface area contributed by atoms with E-state index in [9.17, 15) is 9.18 Å². The third-order valence-corrected chi connectivity index (χ3v) is 4.18. The Kier molecular flexibility index (Phi) is 3.36. The molecule has 1 saturated carbocycles. The number of fused-ring (bicyclic) bond motifs is 1. The molecule has 0 unspecified atom stereocenters. The minimum Gasteiger partial charge on any atom is -0.323 e. The summed E-state index contributed by atoms with van der Waals surface area (Å²) in [7, 11) is 0. The highest BCUT2D eigenvalue weighted by atomic mass is 19.1. The van der Waals surface area contributed by atoms with Crippen LogP contribution in [-0.2, 0) is 4.79 Å². The maximum atomic E-state index is 13.5. The molecule has 0 aliphatic heterocycles. The molecule has 1 amide bonds. The van der Waals surface area contributed by atoms with Crippen LogP contribution in [0.3, 0.4) is 0 Å². The van der Waals surface area contributed by atoms with Gasteiger partial charge in [-0.3, -0.25) is 4.79 Å². The van der Waals surface area contributed by atoms with E-state index in [2.05, 4.69) is 17.5 Å². The van der Waals surface area contributed by atoms with Crippen molar-refractivity contribution in [3.05, 3.63) is 42.2 Å². The number of hydrogen-bond donors (Lipinski definition) is 1. The average Bonchev–Trinajstić information content (AvgIpc) is 3.03. The van der Waals surface area contributed by atoms with E-state index in [0.29, 0.717) is 11.8 Å². The highest BCUT2D eigenvalue weighted by molar-refractivity contribution is 5.95. The van der Waals surface area contributed by atoms with Gasteiger partial charge in [0.2, 0.25) is 5.91 Å². The second-order valence-corrected chi connectivity index (χ2v) is 5.45. The normalized spacial score (nSPS) is 29.0. The van der Waals surface area contributed by atoms with E-state index in [-0.39, 0.29) is 23.3 Å². The first-order valence-electron chi connectivity index (χ1n) is 6.99. The number of allylic oxidation sites excluding steroid dienone is 2. The Labute approximate surface area is 112 Å². The summed E-state index contributed by atoms with van der Waals surface area (Å²) in [4.78, 5) is 12.2. The van der Waals surface area contributed by atoms with Gasteiger partial charge in [0.1, 0.15) is 5.82 Å². The van der Waals surface area contributed by atoms with Crippen molar-refractivity contribution >= 4 is 11.6 Å². The van der Waals surface area contributed by atoms with Gasteiger partial charge in [0.05, 0.1) is 5.69 Å². The number of carbonyl (C=O) groups excluding carboxylic acids is 1. The Hall–Kier alpha value is -1.64. The van der Waals surface area contributed by atoms with Crippen LogP contribution in [0.25, 0.3) is 0 Å². The molecule has 2 nitrogen and oxygen atoms in total. The Bertz CT molecular complexity index is 511. The van der Waals surface area contributed by atoms with Gasteiger partial charge < -0.3 is 5.32 Å². The van der Waals surface area contributed by atoms with Gasteiger partial charge in [-0.2, -0.15) is 0 Å². The molecular weight excluding hydrogens is 241 g/mol. The number of halogens is 1. The van der Waals surface area contributed by atoms with E-state index in [0.717, 1.165) is 12.8 Å². The molecule has 0 saturated heterocycles. The van der Waals surface area contributed by atoms with Gasteiger partial charge >= 0.3 is 0 Å². The molecule has 3 heteroatoms. The zero-order chi connectivity index (χ0) is 13.2. The van der Waals surface area contributed by atoms with E-state index in [1.54, 1.807) is 18.2 Å². The summed E-state index contributed by atoms with van der Waals surface area (Å²) in [6.45, 7) is 0. The quantitative estimate of drug-likeness (QED) is 0.805. The lowest BCUT2D eigenvalue weighted by Gasteiger charge is -2.05. The maximum Gasteiger partial charge on any atom is 0.228 e. The Morgan fingerprint density at radius 2 is 2.11 bits per heavy atom. The first-order chi connectivity index (χ1) is 9.27. The molecule has 3 atom stereocenters. The van der Waals surface area contributed by atoms with E-state index in [1.807, 2.05) is 0 Å². The predicted molar refractivity (Wildman–Crippen MR) is 73.1 cm³/mol. The SMILES string of the molecule is O=C(Nc1ccccc1F)[C@@H]1[C@H]2C=CCCCC[C@H]21. The Morgan fingerprint density at radius 1 is 1.26 bits per heavy atom. The summed E-state index contributed by atoms with van der Waals surface area (Å²) in [5, 5.41) is 2.72. The predicted octanol–water partition coefficient (Wildman–Crippen LogP) is 3.76. The molecule has 1 aromatic carbocycles. The molecule has 1 N–H and O–H groups in total. The second kappa shape index (κ2) is 5.16. The van der Waals surface area contributed by atoms with E-state index >= 15 is 0 Å². The molecule has 19 heavy (non-hydrogen) atoms. The van der Waals surface area contributed by atoms with Crippen molar-refractivity contribution < 1.29 is 9.18 Å². The molecule has 100 valence electrons. The zero-order valence-electron chi connectivity index (χ0n) is 10.8. The van der Waals surface area contributed by atoms with Crippen LogP contribution in [0, 0.1) is 23.6 Å². The molecular formula is C16H18FNO. The van der Waals surface area contributed by atoms with Gasteiger partial charge in [0.25, 0.3) is 0 Å². The monoisotopic (exact) mass is 259 g/mol. The van der Waals surface area contributed by atoms with Crippen molar-refractivity contribution in [1.82, 2.24) is 0 Å². The minimum absolute atomic E-state index is 0.0355. The molecule has 3 rings (SSSR count). The molecule has 1 fully saturated rings. The number of hydrogen-bond acceptors (Lipinski definition) is 1.